The number of carbonyl (C=O) groups is 1. The van der Waals surface area contributed by atoms with Crippen molar-refractivity contribution >= 4 is 34.3 Å². The number of unbranched alkanes of at least 4 members (excludes halogenated alkanes) is 2. The van der Waals surface area contributed by atoms with E-state index in [2.05, 4.69) is 45.8 Å². The highest BCUT2D eigenvalue weighted by Crippen LogP contribution is 2.54. The predicted octanol–water partition coefficient (Wildman–Crippen LogP) is 7.07. The van der Waals surface area contributed by atoms with Crippen molar-refractivity contribution in [1.29, 1.82) is 0 Å². The number of rotatable bonds is 13. The van der Waals surface area contributed by atoms with Crippen molar-refractivity contribution in [2.24, 2.45) is 10.9 Å². The lowest BCUT2D eigenvalue weighted by Crippen LogP contribution is -2.52. The highest BCUT2D eigenvalue weighted by molar-refractivity contribution is 6.07. The standard InChI is InChI=1S/C48H57N7O7/c1-6-7-8-14-52-41-21-31(20-32(53-41)25-55-24-30-12-15-51-35(30)26-55)34-18-28(19-40(49)54-34)9-10-39-48(62-39)13-11-29(23-50-5)17-33-42-38(61-47(3,4)45(33)60-46(48)58)22-37-43(44(42)57)36(56)16-27(2)59-37/h12,15-16,18-22,24,29,33,39,45,50,57H,6-11,13-14,17,23,25-26H2,1-5H3,(H2,49,54)(H,52,53)/t29-,33+,39+,45-,48+/m1/s1. The number of hydrogen-bond donors (Lipinski definition) is 4. The molecule has 5 N–H and O–H groups in total. The zero-order chi connectivity index (χ0) is 43.3. The maximum absolute atomic E-state index is 14.5. The van der Waals surface area contributed by atoms with Crippen LogP contribution in [0.5, 0.6) is 11.5 Å². The second-order valence-electron chi connectivity index (χ2n) is 18.1. The lowest BCUT2D eigenvalue weighted by Gasteiger charge is -2.45. The Morgan fingerprint density at radius 3 is 2.74 bits per heavy atom. The summed E-state index contributed by atoms with van der Waals surface area (Å²) in [7, 11) is 1.91. The van der Waals surface area contributed by atoms with Crippen LogP contribution in [-0.2, 0) is 27.2 Å². The van der Waals surface area contributed by atoms with Crippen LogP contribution in [-0.4, -0.2) is 81.7 Å². The predicted molar refractivity (Wildman–Crippen MR) is 238 cm³/mol. The average Bonchev–Trinajstić information content (AvgIpc) is 3.52. The van der Waals surface area contributed by atoms with Gasteiger partial charge in [-0.15, -0.1) is 0 Å². The van der Waals surface area contributed by atoms with E-state index in [0.29, 0.717) is 68.1 Å². The number of epoxide rings is 1. The molecule has 2 saturated heterocycles. The largest absolute Gasteiger partial charge is 0.507 e. The molecule has 0 saturated carbocycles. The van der Waals surface area contributed by atoms with Gasteiger partial charge in [-0.2, -0.15) is 0 Å². The van der Waals surface area contributed by atoms with Gasteiger partial charge in [-0.1, -0.05) is 19.8 Å². The van der Waals surface area contributed by atoms with Gasteiger partial charge in [0, 0.05) is 53.7 Å². The van der Waals surface area contributed by atoms with Crippen molar-refractivity contribution in [1.82, 2.24) is 20.2 Å². The molecule has 4 aromatic rings. The molecule has 8 heterocycles. The van der Waals surface area contributed by atoms with Gasteiger partial charge >= 0.3 is 5.97 Å². The van der Waals surface area contributed by atoms with Crippen molar-refractivity contribution in [2.75, 3.05) is 37.7 Å². The van der Waals surface area contributed by atoms with E-state index in [-0.39, 0.29) is 34.2 Å². The SMILES string of the molecule is CCCCCNc1cc(-c2cc(CC[C@@H]3O[C@@]34CC[C@@H](CNC)C[C@H]3c5c(cc6oc(C)cc(=O)c6c5O)OC(C)(C)[C@@H]3OC4=O)cc(N)n2)cc(CN2C=C3C=CN=C3C2)n1. The first-order valence-electron chi connectivity index (χ1n) is 22.1. The molecule has 0 aliphatic carbocycles. The van der Waals surface area contributed by atoms with E-state index in [9.17, 15) is 14.7 Å². The van der Waals surface area contributed by atoms with Crippen LogP contribution in [0.2, 0.25) is 0 Å². The number of hydrogen-bond acceptors (Lipinski definition) is 14. The van der Waals surface area contributed by atoms with E-state index in [1.165, 1.54) is 6.07 Å². The molecule has 0 radical (unpaired) electrons. The fraction of sp³-hybridized carbons (Fsp3) is 0.479. The molecule has 5 aliphatic rings. The van der Waals surface area contributed by atoms with Crippen LogP contribution in [0.25, 0.3) is 22.2 Å². The van der Waals surface area contributed by atoms with Crippen molar-refractivity contribution in [2.45, 2.75) is 115 Å². The highest BCUT2D eigenvalue weighted by atomic mass is 16.7. The number of ether oxygens (including phenoxy) is 3. The van der Waals surface area contributed by atoms with E-state index in [1.807, 2.05) is 45.3 Å². The number of nitrogens with zero attached hydrogens (tertiary/aromatic N) is 4. The Kier molecular flexibility index (Phi) is 11.1. The Morgan fingerprint density at radius 2 is 1.94 bits per heavy atom. The number of esters is 1. The first kappa shape index (κ1) is 41.6. The summed E-state index contributed by atoms with van der Waals surface area (Å²) in [6.45, 7) is 10.5. The maximum Gasteiger partial charge on any atom is 0.341 e. The number of carbonyl (C=O) groups excluding carboxylic acids is 1. The Hall–Kier alpha value is -5.73. The van der Waals surface area contributed by atoms with Gasteiger partial charge in [-0.25, -0.2) is 14.8 Å². The number of nitrogens with two attached hydrogens (primary N) is 1. The summed E-state index contributed by atoms with van der Waals surface area (Å²) < 4.78 is 25.3. The molecule has 1 spiro atoms. The van der Waals surface area contributed by atoms with Gasteiger partial charge in [0.05, 0.1) is 36.3 Å². The summed E-state index contributed by atoms with van der Waals surface area (Å²) in [6, 6.07) is 11.1. The molecule has 326 valence electrons. The van der Waals surface area contributed by atoms with Crippen LogP contribution >= 0.6 is 0 Å². The number of nitrogen functional groups attached to an aromatic ring is 1. The van der Waals surface area contributed by atoms with Gasteiger partial charge in [0.25, 0.3) is 0 Å². The average molecular weight is 844 g/mol. The van der Waals surface area contributed by atoms with Crippen LogP contribution in [0.1, 0.15) is 94.2 Å². The van der Waals surface area contributed by atoms with Crippen LogP contribution < -0.4 is 26.5 Å². The molecular formula is C48H57N7O7. The molecule has 3 aromatic heterocycles. The molecule has 1 aromatic carbocycles. The molecule has 2 fully saturated rings. The molecule has 5 aliphatic heterocycles. The normalized spacial score (nSPS) is 24.6. The van der Waals surface area contributed by atoms with Crippen LogP contribution in [0, 0.1) is 12.8 Å². The molecule has 9 rings (SSSR count). The van der Waals surface area contributed by atoms with Crippen molar-refractivity contribution in [3.8, 4) is 22.8 Å². The van der Waals surface area contributed by atoms with Crippen LogP contribution in [0.15, 0.2) is 74.7 Å². The Morgan fingerprint density at radius 1 is 1.08 bits per heavy atom. The third kappa shape index (κ3) is 8.06. The molecule has 14 nitrogen and oxygen atoms in total. The molecule has 0 bridgehead atoms. The van der Waals surface area contributed by atoms with Crippen molar-refractivity contribution in [3.63, 3.8) is 0 Å². The molecule has 5 atom stereocenters. The third-order valence-electron chi connectivity index (χ3n) is 13.0. The Labute approximate surface area is 361 Å². The number of nitrogens with one attached hydrogen (secondary N) is 2. The number of pyridine rings is 2. The van der Waals surface area contributed by atoms with Crippen molar-refractivity contribution in [3.05, 3.63) is 93.3 Å². The maximum atomic E-state index is 14.5. The first-order chi connectivity index (χ1) is 29.8. The quantitative estimate of drug-likeness (QED) is 0.0608. The number of aliphatic imine (C=N–C) groups is 1. The number of allylic oxidation sites excluding steroid dienone is 1. The number of anilines is 2. The minimum atomic E-state index is -1.12. The number of benzene rings is 1. The molecule has 14 heteroatoms. The summed E-state index contributed by atoms with van der Waals surface area (Å²) in [6.07, 6.45) is 11.1. The molecule has 0 amide bonds. The van der Waals surface area contributed by atoms with Gasteiger partial charge in [0.1, 0.15) is 51.6 Å². The Bertz CT molecular complexity index is 2560. The number of aryl methyl sites for hydroxylation is 2. The number of aromatic nitrogens is 2. The summed E-state index contributed by atoms with van der Waals surface area (Å²) in [5.74, 6) is 1.08. The monoisotopic (exact) mass is 843 g/mol. The molecule has 0 unspecified atom stereocenters. The van der Waals surface area contributed by atoms with Gasteiger partial charge in [-0.3, -0.25) is 9.79 Å². The van der Waals surface area contributed by atoms with Gasteiger partial charge < -0.3 is 45.0 Å². The summed E-state index contributed by atoms with van der Waals surface area (Å²) >= 11 is 0. The third-order valence-corrected chi connectivity index (χ3v) is 13.0. The number of phenolic OH excluding ortho intramolecular Hbond substituents is 1. The zero-order valence-electron chi connectivity index (χ0n) is 36.3. The molecular weight excluding hydrogens is 787 g/mol. The minimum absolute atomic E-state index is 0.0918. The van der Waals surface area contributed by atoms with E-state index < -0.39 is 29.2 Å². The molecule has 62 heavy (non-hydrogen) atoms. The van der Waals surface area contributed by atoms with Crippen LogP contribution in [0.4, 0.5) is 11.6 Å². The minimum Gasteiger partial charge on any atom is -0.507 e. The number of phenols is 1. The van der Waals surface area contributed by atoms with Gasteiger partial charge in [-0.05, 0) is 115 Å². The highest BCUT2D eigenvalue weighted by Gasteiger charge is 2.65. The smallest absolute Gasteiger partial charge is 0.341 e. The van der Waals surface area contributed by atoms with E-state index in [0.717, 1.165) is 72.0 Å². The lowest BCUT2D eigenvalue weighted by atomic mass is 9.75. The van der Waals surface area contributed by atoms with Gasteiger partial charge in [0.15, 0.2) is 11.0 Å². The summed E-state index contributed by atoms with van der Waals surface area (Å²) in [5, 5.41) is 18.7. The summed E-state index contributed by atoms with van der Waals surface area (Å²) in [5.41, 5.74) is 10.6. The first-order valence-corrected chi connectivity index (χ1v) is 22.1. The fourth-order valence-electron chi connectivity index (χ4n) is 9.97. The second kappa shape index (κ2) is 16.5. The van der Waals surface area contributed by atoms with Gasteiger partial charge in [0.2, 0.25) is 0 Å². The zero-order valence-corrected chi connectivity index (χ0v) is 36.3. The van der Waals surface area contributed by atoms with E-state index in [1.54, 1.807) is 13.0 Å². The summed E-state index contributed by atoms with van der Waals surface area (Å²) in [4.78, 5) is 44.1. The number of fused-ring (bicyclic) bond motifs is 5. The second-order valence-corrected chi connectivity index (χ2v) is 18.1. The number of aromatic hydroxyl groups is 1. The Balaban J connectivity index is 0.954. The van der Waals surface area contributed by atoms with Crippen molar-refractivity contribution < 1.29 is 28.5 Å². The topological polar surface area (TPSA) is 190 Å². The lowest BCUT2D eigenvalue weighted by molar-refractivity contribution is -0.170. The van der Waals surface area contributed by atoms with E-state index in [4.69, 9.17) is 34.3 Å². The fourth-order valence-corrected chi connectivity index (χ4v) is 9.97. The van der Waals surface area contributed by atoms with E-state index >= 15 is 0 Å². The van der Waals surface area contributed by atoms with Crippen LogP contribution in [0.3, 0.4) is 0 Å².